The maximum absolute atomic E-state index is 12.3. The van der Waals surface area contributed by atoms with Gasteiger partial charge in [-0.3, -0.25) is 4.79 Å². The van der Waals surface area contributed by atoms with Crippen LogP contribution >= 0.6 is 0 Å². The Kier molecular flexibility index (Phi) is 5.15. The number of rotatable bonds is 5. The second kappa shape index (κ2) is 5.95. The van der Waals surface area contributed by atoms with Crippen LogP contribution in [0, 0.1) is 5.92 Å². The standard InChI is InChI=1S/C13H26N2O5/c1-12(2)5-8(13(3,4)15(12)20)11(19)14-9(6-16)10(18)7-17/h8-10,16-18,20H,5-7H2,1-4H3,(H,14,19)/t8-,9-,10-/m1/s1. The molecule has 7 nitrogen and oxygen atoms in total. The molecule has 0 spiro atoms. The zero-order chi connectivity index (χ0) is 15.7. The van der Waals surface area contributed by atoms with Crippen LogP contribution in [0.3, 0.4) is 0 Å². The van der Waals surface area contributed by atoms with E-state index in [1.54, 1.807) is 13.8 Å². The van der Waals surface area contributed by atoms with Crippen molar-refractivity contribution in [2.75, 3.05) is 13.2 Å². The van der Waals surface area contributed by atoms with Gasteiger partial charge in [0.15, 0.2) is 0 Å². The van der Waals surface area contributed by atoms with Gasteiger partial charge in [0.2, 0.25) is 5.91 Å². The summed E-state index contributed by atoms with van der Waals surface area (Å²) < 4.78 is 0. The van der Waals surface area contributed by atoms with E-state index in [4.69, 9.17) is 10.2 Å². The van der Waals surface area contributed by atoms with E-state index in [2.05, 4.69) is 5.32 Å². The van der Waals surface area contributed by atoms with Crippen LogP contribution in [0.5, 0.6) is 0 Å². The molecule has 1 fully saturated rings. The molecule has 3 atom stereocenters. The molecule has 0 radical (unpaired) electrons. The van der Waals surface area contributed by atoms with Crippen molar-refractivity contribution in [1.82, 2.24) is 10.4 Å². The lowest BCUT2D eigenvalue weighted by atomic mass is 9.86. The van der Waals surface area contributed by atoms with Crippen LogP contribution in [0.2, 0.25) is 0 Å². The first-order chi connectivity index (χ1) is 9.07. The second-order valence-corrected chi connectivity index (χ2v) is 6.58. The quantitative estimate of drug-likeness (QED) is 0.448. The number of hydrogen-bond acceptors (Lipinski definition) is 6. The van der Waals surface area contributed by atoms with Gasteiger partial charge in [-0.2, -0.15) is 5.06 Å². The Labute approximate surface area is 119 Å². The summed E-state index contributed by atoms with van der Waals surface area (Å²) in [6.07, 6.45) is -0.762. The lowest BCUT2D eigenvalue weighted by Gasteiger charge is -2.35. The molecule has 1 aliphatic rings. The van der Waals surface area contributed by atoms with Crippen molar-refractivity contribution >= 4 is 5.91 Å². The average Bonchev–Trinajstić information content (AvgIpc) is 2.55. The number of nitrogens with one attached hydrogen (secondary N) is 1. The van der Waals surface area contributed by atoms with E-state index in [0.29, 0.717) is 6.42 Å². The second-order valence-electron chi connectivity index (χ2n) is 6.58. The third-order valence-electron chi connectivity index (χ3n) is 4.17. The molecule has 1 aliphatic heterocycles. The Bertz CT molecular complexity index is 359. The summed E-state index contributed by atoms with van der Waals surface area (Å²) in [5.74, 6) is -0.839. The van der Waals surface area contributed by atoms with Crippen molar-refractivity contribution < 1.29 is 25.3 Å². The van der Waals surface area contributed by atoms with Gasteiger partial charge in [0.1, 0.15) is 0 Å². The molecular formula is C13H26N2O5. The summed E-state index contributed by atoms with van der Waals surface area (Å²) >= 11 is 0. The van der Waals surface area contributed by atoms with Gasteiger partial charge in [-0.25, -0.2) is 0 Å². The molecular weight excluding hydrogens is 264 g/mol. The fourth-order valence-electron chi connectivity index (χ4n) is 2.85. The zero-order valence-electron chi connectivity index (χ0n) is 12.5. The highest BCUT2D eigenvalue weighted by Crippen LogP contribution is 2.43. The molecule has 0 aliphatic carbocycles. The molecule has 1 saturated heterocycles. The Morgan fingerprint density at radius 2 is 1.85 bits per heavy atom. The lowest BCUT2D eigenvalue weighted by Crippen LogP contribution is -2.53. The van der Waals surface area contributed by atoms with E-state index in [1.807, 2.05) is 13.8 Å². The fourth-order valence-corrected chi connectivity index (χ4v) is 2.85. The van der Waals surface area contributed by atoms with E-state index in [0.717, 1.165) is 0 Å². The van der Waals surface area contributed by atoms with Crippen LogP contribution in [-0.2, 0) is 4.79 Å². The van der Waals surface area contributed by atoms with Crippen LogP contribution in [0.1, 0.15) is 34.1 Å². The average molecular weight is 290 g/mol. The summed E-state index contributed by atoms with van der Waals surface area (Å²) in [6, 6.07) is -0.917. The molecule has 0 aromatic heterocycles. The highest BCUT2D eigenvalue weighted by atomic mass is 16.5. The molecule has 0 saturated carbocycles. The third kappa shape index (κ3) is 3.12. The summed E-state index contributed by atoms with van der Waals surface area (Å²) in [7, 11) is 0. The van der Waals surface area contributed by atoms with Gasteiger partial charge in [0.25, 0.3) is 0 Å². The van der Waals surface area contributed by atoms with Gasteiger partial charge in [0.05, 0.1) is 36.8 Å². The van der Waals surface area contributed by atoms with E-state index >= 15 is 0 Å². The minimum atomic E-state index is -1.22. The number of carbonyl (C=O) groups is 1. The highest BCUT2D eigenvalue weighted by molar-refractivity contribution is 5.81. The fraction of sp³-hybridized carbons (Fsp3) is 0.923. The Balaban J connectivity index is 2.82. The van der Waals surface area contributed by atoms with Crippen LogP contribution in [-0.4, -0.2) is 67.9 Å². The van der Waals surface area contributed by atoms with Crippen molar-refractivity contribution in [1.29, 1.82) is 0 Å². The van der Waals surface area contributed by atoms with Gasteiger partial charge < -0.3 is 25.8 Å². The smallest absolute Gasteiger partial charge is 0.225 e. The monoisotopic (exact) mass is 290 g/mol. The molecule has 0 bridgehead atoms. The molecule has 0 aromatic carbocycles. The first-order valence-electron chi connectivity index (χ1n) is 6.77. The minimum absolute atomic E-state index is 0.355. The lowest BCUT2D eigenvalue weighted by molar-refractivity contribution is -0.197. The SMILES string of the molecule is CC1(C)C[C@H](C(=O)N[C@H](CO)[C@H](O)CO)C(C)(C)N1O. The molecule has 5 N–H and O–H groups in total. The molecule has 118 valence electrons. The van der Waals surface area contributed by atoms with Gasteiger partial charge in [0, 0.05) is 5.54 Å². The first kappa shape index (κ1) is 17.3. The van der Waals surface area contributed by atoms with Gasteiger partial charge in [-0.1, -0.05) is 0 Å². The van der Waals surface area contributed by atoms with Crippen LogP contribution < -0.4 is 5.32 Å². The number of hydroxylamine groups is 2. The number of amides is 1. The van der Waals surface area contributed by atoms with Crippen LogP contribution in [0.4, 0.5) is 0 Å². The number of aliphatic hydroxyl groups is 3. The summed E-state index contributed by atoms with van der Waals surface area (Å²) in [6.45, 7) is 6.21. The van der Waals surface area contributed by atoms with Crippen molar-refractivity contribution in [3.05, 3.63) is 0 Å². The highest BCUT2D eigenvalue weighted by Gasteiger charge is 2.54. The van der Waals surface area contributed by atoms with Crippen LogP contribution in [0.25, 0.3) is 0 Å². The maximum Gasteiger partial charge on any atom is 0.225 e. The van der Waals surface area contributed by atoms with Gasteiger partial charge >= 0.3 is 0 Å². The topological polar surface area (TPSA) is 113 Å². The normalized spacial score (nSPS) is 28.1. The van der Waals surface area contributed by atoms with Crippen LogP contribution in [0.15, 0.2) is 0 Å². The first-order valence-corrected chi connectivity index (χ1v) is 6.77. The van der Waals surface area contributed by atoms with E-state index < -0.39 is 42.4 Å². The van der Waals surface area contributed by atoms with Crippen molar-refractivity contribution in [2.24, 2.45) is 5.92 Å². The molecule has 1 heterocycles. The molecule has 20 heavy (non-hydrogen) atoms. The zero-order valence-corrected chi connectivity index (χ0v) is 12.5. The van der Waals surface area contributed by atoms with E-state index in [9.17, 15) is 15.1 Å². The Hall–Kier alpha value is -0.730. The Morgan fingerprint density at radius 1 is 1.30 bits per heavy atom. The van der Waals surface area contributed by atoms with Gasteiger partial charge in [-0.15, -0.1) is 0 Å². The van der Waals surface area contributed by atoms with E-state index in [-0.39, 0.29) is 5.91 Å². The minimum Gasteiger partial charge on any atom is -0.394 e. The van der Waals surface area contributed by atoms with Crippen molar-refractivity contribution in [2.45, 2.75) is 57.3 Å². The predicted octanol–water partition coefficient (Wildman–Crippen LogP) is -0.915. The summed E-state index contributed by atoms with van der Waals surface area (Å²) in [5.41, 5.74) is -1.28. The molecule has 0 unspecified atom stereocenters. The largest absolute Gasteiger partial charge is 0.394 e. The molecule has 1 amide bonds. The molecule has 1 rings (SSSR count). The summed E-state index contributed by atoms with van der Waals surface area (Å²) in [5, 5.41) is 41.4. The van der Waals surface area contributed by atoms with E-state index in [1.165, 1.54) is 5.06 Å². The van der Waals surface area contributed by atoms with Crippen molar-refractivity contribution in [3.63, 3.8) is 0 Å². The molecule has 7 heteroatoms. The molecule has 0 aromatic rings. The van der Waals surface area contributed by atoms with Gasteiger partial charge in [-0.05, 0) is 34.1 Å². The number of nitrogens with zero attached hydrogens (tertiary/aromatic N) is 1. The maximum atomic E-state index is 12.3. The van der Waals surface area contributed by atoms with Crippen molar-refractivity contribution in [3.8, 4) is 0 Å². The third-order valence-corrected chi connectivity index (χ3v) is 4.17. The summed E-state index contributed by atoms with van der Waals surface area (Å²) in [4.78, 5) is 12.3. The number of aliphatic hydroxyl groups excluding tert-OH is 3. The number of carbonyl (C=O) groups excluding carboxylic acids is 1. The number of hydrogen-bond donors (Lipinski definition) is 5. The Morgan fingerprint density at radius 3 is 2.20 bits per heavy atom. The predicted molar refractivity (Wildman–Crippen MR) is 72.0 cm³/mol.